The molecule has 1 saturated heterocycles. The maximum absolute atomic E-state index is 12.0. The second-order valence-electron chi connectivity index (χ2n) is 3.83. The third kappa shape index (κ3) is 4.16. The molecule has 1 rings (SSSR count). The van der Waals surface area contributed by atoms with Crippen molar-refractivity contribution in [1.29, 1.82) is 0 Å². The van der Waals surface area contributed by atoms with E-state index in [1.807, 2.05) is 6.55 Å². The van der Waals surface area contributed by atoms with Gasteiger partial charge in [-0.15, -0.1) is 13.2 Å². The molecule has 3 nitrogen and oxygen atoms in total. The van der Waals surface area contributed by atoms with Gasteiger partial charge in [0, 0.05) is 16.1 Å². The van der Waals surface area contributed by atoms with Crippen molar-refractivity contribution in [2.45, 2.75) is 30.9 Å². The fourth-order valence-electron chi connectivity index (χ4n) is 1.86. The number of carbonyl (C=O) groups is 1. The first-order valence-corrected chi connectivity index (χ1v) is 6.76. The zero-order valence-corrected chi connectivity index (χ0v) is 10.5. The summed E-state index contributed by atoms with van der Waals surface area (Å²) in [6.07, 6.45) is -2.96. The van der Waals surface area contributed by atoms with E-state index >= 15 is 0 Å². The lowest BCUT2D eigenvalue weighted by Gasteiger charge is -2.23. The molecule has 0 aliphatic carbocycles. The van der Waals surface area contributed by atoms with Crippen LogP contribution in [0, 0.1) is 0 Å². The monoisotopic (exact) mass is 265 g/mol. The summed E-state index contributed by atoms with van der Waals surface area (Å²) in [5.41, 5.74) is 0.265. The average Bonchev–Trinajstić information content (AvgIpc) is 2.67. The molecule has 2 radical (unpaired) electrons. The molecule has 1 amide bonds. The van der Waals surface area contributed by atoms with Gasteiger partial charge >= 0.3 is 6.36 Å². The Balaban J connectivity index is 2.60. The summed E-state index contributed by atoms with van der Waals surface area (Å²) >= 11 is 0. The highest BCUT2D eigenvalue weighted by molar-refractivity contribution is 6.36. The van der Waals surface area contributed by atoms with E-state index in [0.29, 0.717) is 22.5 Å². The Hall–Kier alpha value is -0.823. The Labute approximate surface area is 100 Å². The van der Waals surface area contributed by atoms with Crippen molar-refractivity contribution in [3.05, 3.63) is 12.7 Å². The number of hydrogen-bond acceptors (Lipinski definition) is 2. The van der Waals surface area contributed by atoms with Crippen molar-refractivity contribution < 1.29 is 22.7 Å². The Morgan fingerprint density at radius 1 is 1.65 bits per heavy atom. The van der Waals surface area contributed by atoms with Gasteiger partial charge in [-0.3, -0.25) is 9.53 Å². The van der Waals surface area contributed by atoms with Crippen LogP contribution in [0.5, 0.6) is 0 Å². The number of nitrogens with zero attached hydrogens (tertiary/aromatic N) is 1. The standard InChI is InChI=1S/C10H14F3NO2Si/c1-3-9(15)14-5-8(17-2)4-7(14)6-16-10(11,12)13/h3,7-8H,1,4-6H2,2H3/t7-,8?/m1/s1. The topological polar surface area (TPSA) is 29.5 Å². The van der Waals surface area contributed by atoms with Crippen LogP contribution in [0.4, 0.5) is 13.2 Å². The minimum Gasteiger partial charge on any atom is -0.334 e. The highest BCUT2D eigenvalue weighted by Crippen LogP contribution is 2.29. The lowest BCUT2D eigenvalue weighted by atomic mass is 10.2. The number of carbonyl (C=O) groups excluding carboxylic acids is 1. The average molecular weight is 265 g/mol. The van der Waals surface area contributed by atoms with Crippen molar-refractivity contribution in [1.82, 2.24) is 4.90 Å². The zero-order valence-electron chi connectivity index (χ0n) is 9.46. The molecule has 1 heterocycles. The number of rotatable bonds is 4. The molecule has 17 heavy (non-hydrogen) atoms. The van der Waals surface area contributed by atoms with Crippen LogP contribution < -0.4 is 0 Å². The van der Waals surface area contributed by atoms with Crippen molar-refractivity contribution in [2.75, 3.05) is 13.2 Å². The van der Waals surface area contributed by atoms with E-state index in [1.165, 1.54) is 4.90 Å². The van der Waals surface area contributed by atoms with Crippen LogP contribution in [-0.4, -0.2) is 45.9 Å². The Bertz CT molecular complexity index is 296. The summed E-state index contributed by atoms with van der Waals surface area (Å²) in [7, 11) is 0.604. The number of ether oxygens (including phenoxy) is 1. The van der Waals surface area contributed by atoms with Crippen LogP contribution in [0.1, 0.15) is 6.42 Å². The molecule has 0 aromatic carbocycles. The second-order valence-corrected chi connectivity index (χ2v) is 5.22. The van der Waals surface area contributed by atoms with E-state index in [0.717, 1.165) is 6.08 Å². The third-order valence-electron chi connectivity index (χ3n) is 2.72. The lowest BCUT2D eigenvalue weighted by Crippen LogP contribution is -2.38. The van der Waals surface area contributed by atoms with E-state index in [9.17, 15) is 18.0 Å². The van der Waals surface area contributed by atoms with Crippen LogP contribution in [0.25, 0.3) is 0 Å². The quantitative estimate of drug-likeness (QED) is 0.573. The van der Waals surface area contributed by atoms with Gasteiger partial charge in [0.15, 0.2) is 0 Å². The van der Waals surface area contributed by atoms with Gasteiger partial charge in [-0.05, 0) is 18.0 Å². The summed E-state index contributed by atoms with van der Waals surface area (Å²) in [6, 6.07) is -0.500. The van der Waals surface area contributed by atoms with E-state index < -0.39 is 19.0 Å². The summed E-state index contributed by atoms with van der Waals surface area (Å²) < 4.78 is 39.7. The van der Waals surface area contributed by atoms with Crippen LogP contribution in [0.15, 0.2) is 12.7 Å². The summed E-state index contributed by atoms with van der Waals surface area (Å²) in [6.45, 7) is 5.32. The van der Waals surface area contributed by atoms with Gasteiger partial charge in [-0.1, -0.05) is 13.1 Å². The van der Waals surface area contributed by atoms with Gasteiger partial charge in [0.05, 0.1) is 12.6 Å². The minimum atomic E-state index is -4.64. The number of amides is 1. The highest BCUT2D eigenvalue weighted by Gasteiger charge is 2.37. The van der Waals surface area contributed by atoms with Crippen LogP contribution in [0.2, 0.25) is 12.1 Å². The summed E-state index contributed by atoms with van der Waals surface area (Å²) in [5.74, 6) is -0.332. The Morgan fingerprint density at radius 3 is 2.76 bits per heavy atom. The van der Waals surface area contributed by atoms with E-state index in [1.54, 1.807) is 0 Å². The van der Waals surface area contributed by atoms with E-state index in [4.69, 9.17) is 0 Å². The van der Waals surface area contributed by atoms with E-state index in [-0.39, 0.29) is 11.4 Å². The molecule has 0 N–H and O–H groups in total. The molecule has 0 bridgehead atoms. The predicted molar refractivity (Wildman–Crippen MR) is 57.7 cm³/mol. The normalized spacial score (nSPS) is 25.1. The van der Waals surface area contributed by atoms with Gasteiger partial charge in [0.25, 0.3) is 0 Å². The van der Waals surface area contributed by atoms with Crippen molar-refractivity contribution >= 4 is 15.4 Å². The van der Waals surface area contributed by atoms with Gasteiger partial charge < -0.3 is 4.90 Å². The molecule has 0 aromatic rings. The number of likely N-dealkylation sites (tertiary alicyclic amines) is 1. The second kappa shape index (κ2) is 5.68. The largest absolute Gasteiger partial charge is 0.522 e. The third-order valence-corrected chi connectivity index (χ3v) is 3.95. The van der Waals surface area contributed by atoms with Crippen molar-refractivity contribution in [3.63, 3.8) is 0 Å². The number of alkyl halides is 3. The first-order chi connectivity index (χ1) is 7.87. The van der Waals surface area contributed by atoms with Gasteiger partial charge in [0.1, 0.15) is 0 Å². The zero-order chi connectivity index (χ0) is 13.1. The molecule has 0 aromatic heterocycles. The number of hydrogen-bond donors (Lipinski definition) is 0. The molecular formula is C10H14F3NO2Si. The minimum absolute atomic E-state index is 0.265. The fourth-order valence-corrected chi connectivity index (χ4v) is 2.75. The van der Waals surface area contributed by atoms with Crippen LogP contribution in [0.3, 0.4) is 0 Å². The first-order valence-electron chi connectivity index (χ1n) is 5.18. The maximum Gasteiger partial charge on any atom is 0.522 e. The fraction of sp³-hybridized carbons (Fsp3) is 0.700. The Kier molecular flexibility index (Phi) is 4.76. The molecule has 0 spiro atoms. The van der Waals surface area contributed by atoms with Crippen molar-refractivity contribution in [3.8, 4) is 0 Å². The van der Waals surface area contributed by atoms with Crippen molar-refractivity contribution in [2.24, 2.45) is 0 Å². The molecule has 0 saturated carbocycles. The van der Waals surface area contributed by atoms with Gasteiger partial charge in [-0.2, -0.15) is 0 Å². The molecule has 1 aliphatic heterocycles. The van der Waals surface area contributed by atoms with Crippen LogP contribution >= 0.6 is 0 Å². The molecule has 1 fully saturated rings. The summed E-state index contributed by atoms with van der Waals surface area (Å²) in [5, 5.41) is 0. The molecular weight excluding hydrogens is 251 g/mol. The molecule has 96 valence electrons. The van der Waals surface area contributed by atoms with Crippen LogP contribution in [-0.2, 0) is 9.53 Å². The molecule has 7 heteroatoms. The smallest absolute Gasteiger partial charge is 0.334 e. The lowest BCUT2D eigenvalue weighted by molar-refractivity contribution is -0.327. The first kappa shape index (κ1) is 14.2. The Morgan fingerprint density at radius 2 is 2.29 bits per heavy atom. The predicted octanol–water partition coefficient (Wildman–Crippen LogP) is 1.85. The van der Waals surface area contributed by atoms with E-state index in [2.05, 4.69) is 11.3 Å². The highest BCUT2D eigenvalue weighted by atomic mass is 28.2. The molecule has 1 aliphatic rings. The molecule has 1 unspecified atom stereocenters. The molecule has 2 atom stereocenters. The van der Waals surface area contributed by atoms with Gasteiger partial charge in [0.2, 0.25) is 5.91 Å². The maximum atomic E-state index is 12.0. The number of halogens is 3. The summed E-state index contributed by atoms with van der Waals surface area (Å²) in [4.78, 5) is 12.9. The van der Waals surface area contributed by atoms with Gasteiger partial charge in [-0.25, -0.2) is 0 Å². The SMILES string of the molecule is C=CC(=O)N1CC([Si]C)C[C@@H]1COC(F)(F)F.